The van der Waals surface area contributed by atoms with E-state index in [-0.39, 0.29) is 16.4 Å². The first kappa shape index (κ1) is 18.4. The number of anilines is 1. The molecule has 1 aromatic carbocycles. The topological polar surface area (TPSA) is 100 Å². The van der Waals surface area contributed by atoms with Crippen LogP contribution in [0.3, 0.4) is 0 Å². The molecule has 2 aromatic rings. The molecule has 0 saturated heterocycles. The van der Waals surface area contributed by atoms with E-state index in [0.29, 0.717) is 5.76 Å². The molecule has 7 nitrogen and oxygen atoms in total. The third-order valence-electron chi connectivity index (χ3n) is 2.13. The Morgan fingerprint density at radius 2 is 1.74 bits per heavy atom. The molecule has 0 aliphatic rings. The Morgan fingerprint density at radius 3 is 2.13 bits per heavy atom. The third kappa shape index (κ3) is 6.79. The van der Waals surface area contributed by atoms with E-state index in [1.807, 2.05) is 0 Å². The van der Waals surface area contributed by atoms with Gasteiger partial charge < -0.3 is 21.8 Å². The summed E-state index contributed by atoms with van der Waals surface area (Å²) in [5, 5.41) is 12.0. The summed E-state index contributed by atoms with van der Waals surface area (Å²) in [5.41, 5.74) is 0.270. The highest BCUT2D eigenvalue weighted by atomic mass is 32.2. The van der Waals surface area contributed by atoms with E-state index in [9.17, 15) is 25.7 Å². The lowest BCUT2D eigenvalue weighted by Crippen LogP contribution is -2.12. The fourth-order valence-electron chi connectivity index (χ4n) is 1.30. The van der Waals surface area contributed by atoms with E-state index in [0.717, 1.165) is 0 Å². The van der Waals surface area contributed by atoms with Crippen LogP contribution in [0, 0.1) is 12.3 Å². The molecule has 0 aliphatic carbocycles. The van der Waals surface area contributed by atoms with Crippen LogP contribution in [0.4, 0.5) is 28.8 Å². The summed E-state index contributed by atoms with van der Waals surface area (Å²) in [6.07, 6.45) is 0. The van der Waals surface area contributed by atoms with Gasteiger partial charge in [-0.15, -0.1) is 0 Å². The number of hydrogen-bond donors (Lipinski definition) is 1. The minimum Gasteiger partial charge on any atom is -0.418 e. The number of hydrogen-bond acceptors (Lipinski definition) is 5. The third-order valence-corrected chi connectivity index (χ3v) is 3.50. The number of nitrogens with zero attached hydrogens (tertiary/aromatic N) is 3. The number of diazo groups is 1. The molecule has 23 heavy (non-hydrogen) atoms. The molecule has 1 heterocycles. The molecule has 0 amide bonds. The van der Waals surface area contributed by atoms with Crippen LogP contribution in [0.5, 0.6) is 0 Å². The van der Waals surface area contributed by atoms with Crippen LogP contribution >= 0.6 is 0 Å². The number of sulfonamides is 1. The van der Waals surface area contributed by atoms with Gasteiger partial charge in [0.25, 0.3) is 10.0 Å². The summed E-state index contributed by atoms with van der Waals surface area (Å²) >= 11 is 0. The molecule has 0 unspecified atom stereocenters. The van der Waals surface area contributed by atoms with Gasteiger partial charge in [-0.3, -0.25) is 4.72 Å². The fraction of sp³-hybridized carbons (Fsp3) is 0.100. The molecule has 0 fully saturated rings. The average molecular weight is 352 g/mol. The number of aryl methyl sites for hydroxylation is 1. The van der Waals surface area contributed by atoms with E-state index in [4.69, 9.17) is 9.92 Å². The van der Waals surface area contributed by atoms with E-state index < -0.39 is 17.3 Å². The minimum absolute atomic E-state index is 0.0375. The predicted molar refractivity (Wildman–Crippen MR) is 73.4 cm³/mol. The molecule has 124 valence electrons. The Labute approximate surface area is 128 Å². The molecule has 2 rings (SSSR count). The van der Waals surface area contributed by atoms with Crippen molar-refractivity contribution in [1.82, 2.24) is 5.16 Å². The van der Waals surface area contributed by atoms with Crippen molar-refractivity contribution in [1.29, 1.82) is 5.39 Å². The summed E-state index contributed by atoms with van der Waals surface area (Å²) in [6.45, 7) is 1.66. The average Bonchev–Trinajstić information content (AvgIpc) is 2.81. The molecule has 0 aliphatic heterocycles. The second kappa shape index (κ2) is 7.10. The lowest BCUT2D eigenvalue weighted by molar-refractivity contribution is 0.368. The Balaban J connectivity index is 0.000000463. The Hall–Kier alpha value is -2.62. The van der Waals surface area contributed by atoms with Gasteiger partial charge in [-0.25, -0.2) is 8.42 Å². The molecule has 0 atom stereocenters. The SMILES string of the molecule is Cc1cc(NS(=O)(=O)c2ccc([N+]#N)cc2)no1.F[B-](F)(F)F. The largest absolute Gasteiger partial charge is 0.673 e. The Bertz CT molecular complexity index is 793. The maximum atomic E-state index is 11.9. The van der Waals surface area contributed by atoms with Crippen molar-refractivity contribution in [2.75, 3.05) is 4.72 Å². The standard InChI is InChI=1S/C10H9N4O3S.BF4/c1-7-6-10(13-17-7)14-18(15,16)9-4-2-8(12-11)3-5-9;2-1(3,4)5/h2-6H,1H3,(H,13,14);/q+1;-1. The van der Waals surface area contributed by atoms with Gasteiger partial charge in [-0.05, 0) is 19.1 Å². The minimum atomic E-state index is -6.00. The van der Waals surface area contributed by atoms with Gasteiger partial charge in [0.1, 0.15) is 5.76 Å². The predicted octanol–water partition coefficient (Wildman–Crippen LogP) is 3.57. The highest BCUT2D eigenvalue weighted by Crippen LogP contribution is 2.19. The second-order valence-electron chi connectivity index (χ2n) is 4.02. The zero-order valence-corrected chi connectivity index (χ0v) is 12.3. The maximum Gasteiger partial charge on any atom is 0.673 e. The lowest BCUT2D eigenvalue weighted by atomic mass is 10.3. The Morgan fingerprint density at radius 1 is 1.22 bits per heavy atom. The summed E-state index contributed by atoms with van der Waals surface area (Å²) in [5.74, 6) is 0.616. The van der Waals surface area contributed by atoms with Crippen LogP contribution < -0.4 is 4.72 Å². The smallest absolute Gasteiger partial charge is 0.418 e. The molecular weight excluding hydrogens is 343 g/mol. The summed E-state index contributed by atoms with van der Waals surface area (Å²) < 4.78 is 69.9. The van der Waals surface area contributed by atoms with Crippen molar-refractivity contribution in [3.05, 3.63) is 41.1 Å². The van der Waals surface area contributed by atoms with Crippen LogP contribution in [0.1, 0.15) is 5.76 Å². The fourth-order valence-corrected chi connectivity index (χ4v) is 2.29. The molecule has 13 heteroatoms. The summed E-state index contributed by atoms with van der Waals surface area (Å²) in [7, 11) is -9.72. The van der Waals surface area contributed by atoms with E-state index in [1.165, 1.54) is 30.3 Å². The number of nitrogens with one attached hydrogen (secondary N) is 1. The van der Waals surface area contributed by atoms with Crippen molar-refractivity contribution in [3.63, 3.8) is 0 Å². The van der Waals surface area contributed by atoms with Crippen LogP contribution in [-0.2, 0) is 10.0 Å². The lowest BCUT2D eigenvalue weighted by Gasteiger charge is -2.03. The van der Waals surface area contributed by atoms with Crippen LogP contribution in [-0.4, -0.2) is 20.8 Å². The van der Waals surface area contributed by atoms with Crippen molar-refractivity contribution in [2.24, 2.45) is 0 Å². The zero-order chi connectivity index (χ0) is 17.7. The summed E-state index contributed by atoms with van der Waals surface area (Å²) in [6, 6.07) is 6.87. The van der Waals surface area contributed by atoms with Crippen molar-refractivity contribution < 1.29 is 30.2 Å². The molecule has 0 saturated carbocycles. The highest BCUT2D eigenvalue weighted by Gasteiger charge is 2.20. The van der Waals surface area contributed by atoms with Gasteiger partial charge in [0.15, 0.2) is 10.8 Å². The van der Waals surface area contributed by atoms with Gasteiger partial charge in [-0.2, -0.15) is 0 Å². The van der Waals surface area contributed by atoms with Gasteiger partial charge in [0.2, 0.25) is 5.39 Å². The monoisotopic (exact) mass is 352 g/mol. The van der Waals surface area contributed by atoms with Crippen LogP contribution in [0.15, 0.2) is 39.8 Å². The molecular formula is C10H9BF4N4O3S. The highest BCUT2D eigenvalue weighted by molar-refractivity contribution is 7.92. The van der Waals surface area contributed by atoms with Crippen LogP contribution in [0.2, 0.25) is 0 Å². The molecule has 0 radical (unpaired) electrons. The van der Waals surface area contributed by atoms with Crippen molar-refractivity contribution in [3.8, 4) is 0 Å². The molecule has 1 aromatic heterocycles. The molecule has 0 bridgehead atoms. The van der Waals surface area contributed by atoms with E-state index in [1.54, 1.807) is 6.92 Å². The second-order valence-corrected chi connectivity index (χ2v) is 5.70. The van der Waals surface area contributed by atoms with Gasteiger partial charge in [0.05, 0.1) is 4.90 Å². The number of benzene rings is 1. The van der Waals surface area contributed by atoms with Gasteiger partial charge in [0, 0.05) is 18.2 Å². The Kier molecular flexibility index (Phi) is 5.69. The number of aromatic nitrogens is 1. The van der Waals surface area contributed by atoms with Gasteiger partial charge in [-0.1, -0.05) is 5.16 Å². The first-order valence-corrected chi connectivity index (χ1v) is 7.28. The van der Waals surface area contributed by atoms with Crippen molar-refractivity contribution >= 4 is 28.8 Å². The quantitative estimate of drug-likeness (QED) is 0.517. The van der Waals surface area contributed by atoms with E-state index >= 15 is 0 Å². The maximum absolute atomic E-state index is 11.9. The first-order valence-electron chi connectivity index (χ1n) is 5.80. The summed E-state index contributed by atoms with van der Waals surface area (Å²) in [4.78, 5) is 2.98. The van der Waals surface area contributed by atoms with E-state index in [2.05, 4.69) is 14.9 Å². The number of rotatable bonds is 3. The number of halogens is 4. The zero-order valence-electron chi connectivity index (χ0n) is 11.5. The van der Waals surface area contributed by atoms with Crippen molar-refractivity contribution in [2.45, 2.75) is 11.8 Å². The molecule has 0 spiro atoms. The first-order chi connectivity index (χ1) is 10.5. The normalized spacial score (nSPS) is 11.1. The molecule has 1 N–H and O–H groups in total. The van der Waals surface area contributed by atoms with Crippen LogP contribution in [0.25, 0.3) is 4.98 Å². The van der Waals surface area contributed by atoms with Gasteiger partial charge >= 0.3 is 12.9 Å².